The van der Waals surface area contributed by atoms with Gasteiger partial charge in [0.2, 0.25) is 0 Å². The number of hydrogen-bond acceptors (Lipinski definition) is 5. The summed E-state index contributed by atoms with van der Waals surface area (Å²) in [5, 5.41) is 0. The number of anilines is 1. The summed E-state index contributed by atoms with van der Waals surface area (Å²) in [6.45, 7) is 7.55. The summed E-state index contributed by atoms with van der Waals surface area (Å²) in [5.74, 6) is 2.30. The fourth-order valence-electron chi connectivity index (χ4n) is 4.89. The standard InChI is InChI=1S/C28H28F2N4O/c1-4-8-33-9-7-20-12-19(5-6-21(20)17-33)13-26-31-16-24(30)27(32-26)22-14-23(29)28-25(15-22)34(18(2)3)10-11-35-28/h1,5-6,12,14-16,18H,7-11,13,17H2,2-3H3. The zero-order valence-corrected chi connectivity index (χ0v) is 20.0. The van der Waals surface area contributed by atoms with Crippen molar-refractivity contribution in [3.8, 4) is 29.4 Å². The van der Waals surface area contributed by atoms with Gasteiger partial charge in [0.25, 0.3) is 0 Å². The van der Waals surface area contributed by atoms with E-state index in [9.17, 15) is 8.78 Å². The summed E-state index contributed by atoms with van der Waals surface area (Å²) >= 11 is 0. The highest BCUT2D eigenvalue weighted by molar-refractivity contribution is 5.72. The summed E-state index contributed by atoms with van der Waals surface area (Å²) in [6, 6.07) is 9.55. The van der Waals surface area contributed by atoms with Gasteiger partial charge >= 0.3 is 0 Å². The molecule has 3 heterocycles. The van der Waals surface area contributed by atoms with Crippen LogP contribution in [0.25, 0.3) is 11.3 Å². The molecule has 0 radical (unpaired) electrons. The first-order chi connectivity index (χ1) is 16.9. The van der Waals surface area contributed by atoms with Crippen LogP contribution in [0.4, 0.5) is 14.5 Å². The van der Waals surface area contributed by atoms with E-state index in [1.165, 1.54) is 23.4 Å². The fourth-order valence-corrected chi connectivity index (χ4v) is 4.89. The highest BCUT2D eigenvalue weighted by atomic mass is 19.1. The van der Waals surface area contributed by atoms with Gasteiger partial charge in [0.1, 0.15) is 18.1 Å². The molecule has 0 saturated carbocycles. The van der Waals surface area contributed by atoms with Crippen LogP contribution in [0.1, 0.15) is 36.4 Å². The maximum Gasteiger partial charge on any atom is 0.178 e. The van der Waals surface area contributed by atoms with Crippen LogP contribution in [-0.4, -0.2) is 47.2 Å². The molecule has 0 N–H and O–H groups in total. The lowest BCUT2D eigenvalue weighted by atomic mass is 9.96. The number of benzene rings is 2. The van der Waals surface area contributed by atoms with Gasteiger partial charge in [0.15, 0.2) is 17.4 Å². The Morgan fingerprint density at radius 2 is 1.97 bits per heavy atom. The summed E-state index contributed by atoms with van der Waals surface area (Å²) in [4.78, 5) is 13.0. The number of aromatic nitrogens is 2. The molecule has 0 unspecified atom stereocenters. The molecule has 0 bridgehead atoms. The van der Waals surface area contributed by atoms with E-state index in [1.807, 2.05) is 13.8 Å². The second-order valence-corrected chi connectivity index (χ2v) is 9.37. The summed E-state index contributed by atoms with van der Waals surface area (Å²) in [7, 11) is 0. The van der Waals surface area contributed by atoms with Crippen molar-refractivity contribution in [3.05, 3.63) is 70.7 Å². The van der Waals surface area contributed by atoms with Crippen LogP contribution in [0.15, 0.2) is 36.5 Å². The third kappa shape index (κ3) is 4.71. The van der Waals surface area contributed by atoms with Crippen molar-refractivity contribution in [3.63, 3.8) is 0 Å². The van der Waals surface area contributed by atoms with Crippen molar-refractivity contribution in [1.82, 2.24) is 14.9 Å². The molecule has 0 saturated heterocycles. The third-order valence-electron chi connectivity index (χ3n) is 6.64. The second kappa shape index (κ2) is 9.63. The van der Waals surface area contributed by atoms with E-state index in [4.69, 9.17) is 11.2 Å². The number of ether oxygens (including phenoxy) is 1. The minimum Gasteiger partial charge on any atom is -0.486 e. The molecule has 35 heavy (non-hydrogen) atoms. The molecule has 0 amide bonds. The summed E-state index contributed by atoms with van der Waals surface area (Å²) in [5.41, 5.74) is 4.71. The Morgan fingerprint density at radius 3 is 2.77 bits per heavy atom. The molecule has 1 aromatic heterocycles. The van der Waals surface area contributed by atoms with Crippen molar-refractivity contribution in [2.75, 3.05) is 31.1 Å². The predicted octanol–water partition coefficient (Wildman–Crippen LogP) is 4.61. The molecule has 2 aliphatic heterocycles. The average molecular weight is 475 g/mol. The number of rotatable bonds is 5. The Bertz CT molecular complexity index is 1300. The monoisotopic (exact) mass is 474 g/mol. The SMILES string of the molecule is C#CCN1CCc2cc(Cc3ncc(F)c(-c4cc(F)c5c(c4)N(C(C)C)CCO5)n3)ccc2C1. The number of halogens is 2. The second-order valence-electron chi connectivity index (χ2n) is 9.37. The Hall–Kier alpha value is -3.50. The molecular weight excluding hydrogens is 446 g/mol. The third-order valence-corrected chi connectivity index (χ3v) is 6.64. The van der Waals surface area contributed by atoms with Gasteiger partial charge in [0, 0.05) is 31.1 Å². The van der Waals surface area contributed by atoms with Gasteiger partial charge in [-0.15, -0.1) is 6.42 Å². The number of fused-ring (bicyclic) bond motifs is 2. The average Bonchev–Trinajstić information content (AvgIpc) is 2.85. The Morgan fingerprint density at radius 1 is 1.11 bits per heavy atom. The van der Waals surface area contributed by atoms with E-state index in [1.54, 1.807) is 6.07 Å². The van der Waals surface area contributed by atoms with Gasteiger partial charge in [0.05, 0.1) is 25.0 Å². The first-order valence-corrected chi connectivity index (χ1v) is 11.9. The van der Waals surface area contributed by atoms with Crippen molar-refractivity contribution in [2.45, 2.75) is 39.3 Å². The van der Waals surface area contributed by atoms with Crippen LogP contribution in [0.2, 0.25) is 0 Å². The van der Waals surface area contributed by atoms with Crippen LogP contribution in [-0.2, 0) is 19.4 Å². The quantitative estimate of drug-likeness (QED) is 0.505. The first-order valence-electron chi connectivity index (χ1n) is 11.9. The predicted molar refractivity (Wildman–Crippen MR) is 132 cm³/mol. The van der Waals surface area contributed by atoms with Gasteiger partial charge in [-0.1, -0.05) is 24.1 Å². The molecule has 0 atom stereocenters. The molecule has 7 heteroatoms. The lowest BCUT2D eigenvalue weighted by Crippen LogP contribution is -2.38. The summed E-state index contributed by atoms with van der Waals surface area (Å²) < 4.78 is 35.3. The molecule has 2 aromatic carbocycles. The lowest BCUT2D eigenvalue weighted by Gasteiger charge is -2.34. The van der Waals surface area contributed by atoms with E-state index in [0.717, 1.165) is 25.1 Å². The maximum absolute atomic E-state index is 14.9. The topological polar surface area (TPSA) is 41.5 Å². The molecule has 0 spiro atoms. The molecule has 2 aliphatic rings. The zero-order valence-electron chi connectivity index (χ0n) is 20.0. The van der Waals surface area contributed by atoms with Crippen LogP contribution < -0.4 is 9.64 Å². The smallest absolute Gasteiger partial charge is 0.178 e. The van der Waals surface area contributed by atoms with Crippen LogP contribution in [0, 0.1) is 24.0 Å². The Balaban J connectivity index is 1.43. The lowest BCUT2D eigenvalue weighted by molar-refractivity contribution is 0.286. The molecule has 0 fully saturated rings. The summed E-state index contributed by atoms with van der Waals surface area (Å²) in [6.07, 6.45) is 8.02. The molecule has 0 aliphatic carbocycles. The normalized spacial score (nSPS) is 15.4. The van der Waals surface area contributed by atoms with Crippen molar-refractivity contribution < 1.29 is 13.5 Å². The first kappa shape index (κ1) is 23.3. The molecule has 5 rings (SSSR count). The Kier molecular flexibility index (Phi) is 6.40. The number of terminal acetylenes is 1. The van der Waals surface area contributed by atoms with Crippen LogP contribution in [0.5, 0.6) is 5.75 Å². The minimum atomic E-state index is -0.583. The van der Waals surface area contributed by atoms with Crippen molar-refractivity contribution in [2.24, 2.45) is 0 Å². The van der Waals surface area contributed by atoms with Gasteiger partial charge in [-0.2, -0.15) is 0 Å². The van der Waals surface area contributed by atoms with Gasteiger partial charge in [-0.3, -0.25) is 4.90 Å². The molecule has 180 valence electrons. The van der Waals surface area contributed by atoms with E-state index < -0.39 is 11.6 Å². The minimum absolute atomic E-state index is 0.0915. The fraction of sp³-hybridized carbons (Fsp3) is 0.357. The van der Waals surface area contributed by atoms with Crippen molar-refractivity contribution >= 4 is 5.69 Å². The van der Waals surface area contributed by atoms with Crippen LogP contribution >= 0.6 is 0 Å². The van der Waals surface area contributed by atoms with Crippen LogP contribution in [0.3, 0.4) is 0 Å². The number of hydrogen-bond donors (Lipinski definition) is 0. The van der Waals surface area contributed by atoms with Gasteiger partial charge < -0.3 is 9.64 Å². The van der Waals surface area contributed by atoms with Crippen molar-refractivity contribution in [1.29, 1.82) is 0 Å². The maximum atomic E-state index is 14.9. The molecular formula is C28H28F2N4O. The number of nitrogens with zero attached hydrogens (tertiary/aromatic N) is 4. The van der Waals surface area contributed by atoms with E-state index >= 15 is 0 Å². The molecule has 5 nitrogen and oxygen atoms in total. The Labute approximate surface area is 204 Å². The van der Waals surface area contributed by atoms with E-state index in [0.29, 0.717) is 43.2 Å². The largest absolute Gasteiger partial charge is 0.486 e. The van der Waals surface area contributed by atoms with E-state index in [-0.39, 0.29) is 17.5 Å². The van der Waals surface area contributed by atoms with E-state index in [2.05, 4.69) is 43.9 Å². The van der Waals surface area contributed by atoms with Gasteiger partial charge in [-0.25, -0.2) is 18.7 Å². The highest BCUT2D eigenvalue weighted by Crippen LogP contribution is 2.39. The zero-order chi connectivity index (χ0) is 24.5. The highest BCUT2D eigenvalue weighted by Gasteiger charge is 2.26. The van der Waals surface area contributed by atoms with Gasteiger partial charge in [-0.05, 0) is 49.1 Å². The molecule has 3 aromatic rings.